The zero-order chi connectivity index (χ0) is 18.7. The first-order chi connectivity index (χ1) is 12.3. The molecule has 134 valence electrons. The fourth-order valence-electron chi connectivity index (χ4n) is 2.21. The summed E-state index contributed by atoms with van der Waals surface area (Å²) in [6, 6.07) is 10.2. The fraction of sp³-hybridized carbons (Fsp3) is 0.0588. The van der Waals surface area contributed by atoms with Crippen molar-refractivity contribution in [2.75, 3.05) is 5.32 Å². The summed E-state index contributed by atoms with van der Waals surface area (Å²) in [5, 5.41) is 2.77. The molecule has 5 nitrogen and oxygen atoms in total. The number of ether oxygens (including phenoxy) is 1. The van der Waals surface area contributed by atoms with E-state index in [-0.39, 0.29) is 10.9 Å². The van der Waals surface area contributed by atoms with Gasteiger partial charge in [-0.25, -0.2) is 4.98 Å². The van der Waals surface area contributed by atoms with Crippen LogP contribution in [0, 0.1) is 0 Å². The molecule has 0 atom stereocenters. The van der Waals surface area contributed by atoms with Crippen molar-refractivity contribution in [1.82, 2.24) is 9.38 Å². The van der Waals surface area contributed by atoms with Gasteiger partial charge in [0.05, 0.1) is 5.69 Å². The number of fused-ring (bicyclic) bond motifs is 1. The first-order valence-corrected chi connectivity index (χ1v) is 7.67. The Kier molecular flexibility index (Phi) is 4.85. The van der Waals surface area contributed by atoms with E-state index in [1.165, 1.54) is 24.3 Å². The average Bonchev–Trinajstić information content (AvgIpc) is 2.89. The van der Waals surface area contributed by atoms with Gasteiger partial charge in [-0.05, 0) is 42.5 Å². The second-order valence-electron chi connectivity index (χ2n) is 5.11. The Hall–Kier alpha value is -3.00. The van der Waals surface area contributed by atoms with Crippen LogP contribution in [0.1, 0.15) is 5.69 Å². The Bertz CT molecular complexity index is 966. The van der Waals surface area contributed by atoms with Crippen molar-refractivity contribution in [3.8, 4) is 5.75 Å². The van der Waals surface area contributed by atoms with Gasteiger partial charge in [0, 0.05) is 18.0 Å². The van der Waals surface area contributed by atoms with Crippen LogP contribution in [0.25, 0.3) is 11.7 Å². The number of benzene rings is 1. The lowest BCUT2D eigenvalue weighted by atomic mass is 10.3. The van der Waals surface area contributed by atoms with Crippen molar-refractivity contribution in [3.63, 3.8) is 0 Å². The molecule has 0 spiro atoms. The third-order valence-electron chi connectivity index (χ3n) is 3.27. The molecule has 0 radical (unpaired) electrons. The van der Waals surface area contributed by atoms with Crippen LogP contribution in [0.5, 0.6) is 5.75 Å². The maximum atomic E-state index is 12.1. The van der Waals surface area contributed by atoms with Gasteiger partial charge < -0.3 is 10.1 Å². The van der Waals surface area contributed by atoms with E-state index < -0.39 is 12.3 Å². The Balaban J connectivity index is 1.68. The number of halogens is 4. The monoisotopic (exact) mass is 381 g/mol. The number of imidazole rings is 1. The zero-order valence-corrected chi connectivity index (χ0v) is 13.8. The van der Waals surface area contributed by atoms with E-state index >= 15 is 0 Å². The second kappa shape index (κ2) is 7.09. The normalized spacial score (nSPS) is 11.8. The zero-order valence-electron chi connectivity index (χ0n) is 13.0. The van der Waals surface area contributed by atoms with E-state index in [0.29, 0.717) is 17.0 Å². The third-order valence-corrected chi connectivity index (χ3v) is 3.55. The molecule has 26 heavy (non-hydrogen) atoms. The highest BCUT2D eigenvalue weighted by atomic mass is 35.5. The maximum absolute atomic E-state index is 12.1. The molecular formula is C17H11ClF3N3O2. The molecule has 3 rings (SSSR count). The van der Waals surface area contributed by atoms with Crippen molar-refractivity contribution >= 4 is 34.9 Å². The summed E-state index contributed by atoms with van der Waals surface area (Å²) in [4.78, 5) is 16.1. The lowest BCUT2D eigenvalue weighted by Crippen LogP contribution is -2.17. The van der Waals surface area contributed by atoms with E-state index in [4.69, 9.17) is 11.6 Å². The predicted octanol–water partition coefficient (Wildman–Crippen LogP) is 4.54. The molecular weight excluding hydrogens is 371 g/mol. The van der Waals surface area contributed by atoms with E-state index in [2.05, 4.69) is 15.0 Å². The highest BCUT2D eigenvalue weighted by Crippen LogP contribution is 2.24. The van der Waals surface area contributed by atoms with Gasteiger partial charge in [-0.15, -0.1) is 13.2 Å². The van der Waals surface area contributed by atoms with Crippen LogP contribution in [0.15, 0.2) is 54.7 Å². The molecule has 1 aromatic carbocycles. The van der Waals surface area contributed by atoms with Crippen LogP contribution >= 0.6 is 11.6 Å². The Morgan fingerprint density at radius 2 is 1.92 bits per heavy atom. The number of nitrogens with one attached hydrogen (secondary N) is 1. The Labute approximate surface area is 150 Å². The number of aromatic nitrogens is 2. The van der Waals surface area contributed by atoms with Crippen LogP contribution in [0.4, 0.5) is 18.9 Å². The number of alkyl halides is 3. The fourth-order valence-corrected chi connectivity index (χ4v) is 2.45. The summed E-state index contributed by atoms with van der Waals surface area (Å²) in [5.74, 6) is -0.847. The minimum absolute atomic E-state index is 0.244. The summed E-state index contributed by atoms with van der Waals surface area (Å²) < 4.78 is 41.8. The number of anilines is 1. The standard InChI is InChI=1S/C17H11ClF3N3O2/c18-16-13(24-10-2-1-3-14(24)23-16)8-9-15(25)22-11-4-6-12(7-5-11)26-17(19,20)21/h1-10H,(H,22,25)/b9-8+. The van der Waals surface area contributed by atoms with E-state index in [1.807, 2.05) is 6.07 Å². The molecule has 3 aromatic rings. The van der Waals surface area contributed by atoms with Gasteiger partial charge in [-0.2, -0.15) is 0 Å². The number of rotatable bonds is 4. The van der Waals surface area contributed by atoms with E-state index in [9.17, 15) is 18.0 Å². The van der Waals surface area contributed by atoms with Crippen molar-refractivity contribution in [3.05, 3.63) is 65.6 Å². The van der Waals surface area contributed by atoms with Crippen LogP contribution in [0.3, 0.4) is 0 Å². The van der Waals surface area contributed by atoms with Crippen molar-refractivity contribution < 1.29 is 22.7 Å². The largest absolute Gasteiger partial charge is 0.573 e. The third kappa shape index (κ3) is 4.34. The molecule has 2 aromatic heterocycles. The smallest absolute Gasteiger partial charge is 0.406 e. The summed E-state index contributed by atoms with van der Waals surface area (Å²) in [6.45, 7) is 0. The minimum atomic E-state index is -4.76. The van der Waals surface area contributed by atoms with Gasteiger partial charge in [0.1, 0.15) is 11.4 Å². The first-order valence-electron chi connectivity index (χ1n) is 7.29. The number of carbonyl (C=O) groups is 1. The highest BCUT2D eigenvalue weighted by molar-refractivity contribution is 6.31. The molecule has 0 aliphatic rings. The topological polar surface area (TPSA) is 55.6 Å². The molecule has 0 saturated carbocycles. The Morgan fingerprint density at radius 3 is 2.62 bits per heavy atom. The number of nitrogens with zero attached hydrogens (tertiary/aromatic N) is 2. The molecule has 2 heterocycles. The molecule has 0 bridgehead atoms. The SMILES string of the molecule is O=C(/C=C/c1c(Cl)nc2ccccn12)Nc1ccc(OC(F)(F)F)cc1. The minimum Gasteiger partial charge on any atom is -0.406 e. The van der Waals surface area contributed by atoms with Gasteiger partial charge in [0.25, 0.3) is 0 Å². The Morgan fingerprint density at radius 1 is 1.19 bits per heavy atom. The number of pyridine rings is 1. The summed E-state index contributed by atoms with van der Waals surface area (Å²) in [5.41, 5.74) is 1.49. The van der Waals surface area contributed by atoms with Crippen molar-refractivity contribution in [1.29, 1.82) is 0 Å². The molecule has 0 unspecified atom stereocenters. The van der Waals surface area contributed by atoms with Crippen LogP contribution in [0.2, 0.25) is 5.15 Å². The molecule has 1 N–H and O–H groups in total. The van der Waals surface area contributed by atoms with Gasteiger partial charge in [0.2, 0.25) is 5.91 Å². The molecule has 9 heteroatoms. The maximum Gasteiger partial charge on any atom is 0.573 e. The van der Waals surface area contributed by atoms with Crippen LogP contribution < -0.4 is 10.1 Å². The van der Waals surface area contributed by atoms with Crippen molar-refractivity contribution in [2.24, 2.45) is 0 Å². The lowest BCUT2D eigenvalue weighted by Gasteiger charge is -2.09. The molecule has 0 aliphatic heterocycles. The first kappa shape index (κ1) is 17.8. The molecule has 0 aliphatic carbocycles. The number of amides is 1. The number of carbonyl (C=O) groups excluding carboxylic acids is 1. The molecule has 1 amide bonds. The van der Waals surface area contributed by atoms with Crippen molar-refractivity contribution in [2.45, 2.75) is 6.36 Å². The van der Waals surface area contributed by atoms with Crippen LogP contribution in [-0.2, 0) is 4.79 Å². The second-order valence-corrected chi connectivity index (χ2v) is 5.47. The molecule has 0 saturated heterocycles. The lowest BCUT2D eigenvalue weighted by molar-refractivity contribution is -0.274. The highest BCUT2D eigenvalue weighted by Gasteiger charge is 2.30. The summed E-state index contributed by atoms with van der Waals surface area (Å²) in [7, 11) is 0. The predicted molar refractivity (Wildman–Crippen MR) is 91.0 cm³/mol. The molecule has 0 fully saturated rings. The van der Waals surface area contributed by atoms with E-state index in [1.54, 1.807) is 22.7 Å². The summed E-state index contributed by atoms with van der Waals surface area (Å²) in [6.07, 6.45) is -0.257. The average molecular weight is 382 g/mol. The number of hydrogen-bond acceptors (Lipinski definition) is 3. The van der Waals surface area contributed by atoms with Crippen LogP contribution in [-0.4, -0.2) is 21.7 Å². The van der Waals surface area contributed by atoms with Gasteiger partial charge in [0.15, 0.2) is 5.15 Å². The van der Waals surface area contributed by atoms with E-state index in [0.717, 1.165) is 12.1 Å². The number of hydrogen-bond donors (Lipinski definition) is 1. The summed E-state index contributed by atoms with van der Waals surface area (Å²) >= 11 is 6.06. The van der Waals surface area contributed by atoms with Gasteiger partial charge in [-0.3, -0.25) is 9.20 Å². The quantitative estimate of drug-likeness (QED) is 0.675. The van der Waals surface area contributed by atoms with Gasteiger partial charge in [-0.1, -0.05) is 17.7 Å². The van der Waals surface area contributed by atoms with Gasteiger partial charge >= 0.3 is 6.36 Å².